The molecule has 1 amide bonds. The average Bonchev–Trinajstić information content (AvgIpc) is 2.88. The van der Waals surface area contributed by atoms with Crippen LogP contribution in [-0.2, 0) is 13.1 Å². The van der Waals surface area contributed by atoms with Crippen molar-refractivity contribution in [1.29, 1.82) is 0 Å². The molecule has 5 nitrogen and oxygen atoms in total. The molecule has 0 aliphatic carbocycles. The van der Waals surface area contributed by atoms with Crippen molar-refractivity contribution in [2.75, 3.05) is 5.32 Å². The topological polar surface area (TPSA) is 72.9 Å². The SMILES string of the molecule is CCCn1cc(CNc2cc(C(N)=O)cc(F)c2C)cn1. The molecule has 3 N–H and O–H groups in total. The van der Waals surface area contributed by atoms with Gasteiger partial charge in [0.1, 0.15) is 5.82 Å². The minimum atomic E-state index is -0.646. The summed E-state index contributed by atoms with van der Waals surface area (Å²) >= 11 is 0. The number of carbonyl (C=O) groups is 1. The number of amides is 1. The number of anilines is 1. The van der Waals surface area contributed by atoms with Gasteiger partial charge < -0.3 is 11.1 Å². The second kappa shape index (κ2) is 6.39. The van der Waals surface area contributed by atoms with E-state index in [2.05, 4.69) is 17.3 Å². The van der Waals surface area contributed by atoms with Crippen LogP contribution in [0.15, 0.2) is 24.5 Å². The molecule has 2 aromatic rings. The number of aromatic nitrogens is 2. The van der Waals surface area contributed by atoms with Crippen molar-refractivity contribution >= 4 is 11.6 Å². The Morgan fingerprint density at radius 1 is 1.48 bits per heavy atom. The lowest BCUT2D eigenvalue weighted by molar-refractivity contribution is 0.1000. The summed E-state index contributed by atoms with van der Waals surface area (Å²) in [5.74, 6) is -1.09. The molecule has 0 spiro atoms. The summed E-state index contributed by atoms with van der Waals surface area (Å²) in [6.45, 7) is 5.11. The number of hydrogen-bond donors (Lipinski definition) is 2. The fourth-order valence-electron chi connectivity index (χ4n) is 2.05. The molecule has 1 heterocycles. The van der Waals surface area contributed by atoms with Gasteiger partial charge in [0.2, 0.25) is 5.91 Å². The number of hydrogen-bond acceptors (Lipinski definition) is 3. The third-order valence-corrected chi connectivity index (χ3v) is 3.25. The number of benzene rings is 1. The average molecular weight is 290 g/mol. The highest BCUT2D eigenvalue weighted by atomic mass is 19.1. The summed E-state index contributed by atoms with van der Waals surface area (Å²) < 4.78 is 15.6. The summed E-state index contributed by atoms with van der Waals surface area (Å²) in [5.41, 5.74) is 7.37. The van der Waals surface area contributed by atoms with Crippen LogP contribution in [0.4, 0.5) is 10.1 Å². The van der Waals surface area contributed by atoms with Crippen molar-refractivity contribution in [3.63, 3.8) is 0 Å². The van der Waals surface area contributed by atoms with Crippen molar-refractivity contribution in [2.45, 2.75) is 33.4 Å². The smallest absolute Gasteiger partial charge is 0.248 e. The van der Waals surface area contributed by atoms with Gasteiger partial charge in [-0.1, -0.05) is 6.92 Å². The first kappa shape index (κ1) is 15.0. The first-order valence-corrected chi connectivity index (χ1v) is 6.86. The van der Waals surface area contributed by atoms with Gasteiger partial charge in [0, 0.05) is 41.7 Å². The Labute approximate surface area is 123 Å². The molecule has 1 aromatic carbocycles. The lowest BCUT2D eigenvalue weighted by Gasteiger charge is -2.11. The van der Waals surface area contributed by atoms with E-state index in [1.807, 2.05) is 10.9 Å². The summed E-state index contributed by atoms with van der Waals surface area (Å²) in [4.78, 5) is 11.2. The quantitative estimate of drug-likeness (QED) is 0.858. The number of nitrogens with two attached hydrogens (primary N) is 1. The number of primary amides is 1. The Bertz CT molecular complexity index is 651. The van der Waals surface area contributed by atoms with E-state index >= 15 is 0 Å². The second-order valence-corrected chi connectivity index (χ2v) is 4.96. The maximum Gasteiger partial charge on any atom is 0.248 e. The Kier molecular flexibility index (Phi) is 4.57. The van der Waals surface area contributed by atoms with Crippen molar-refractivity contribution < 1.29 is 9.18 Å². The van der Waals surface area contributed by atoms with Crippen molar-refractivity contribution in [3.05, 3.63) is 47.0 Å². The van der Waals surface area contributed by atoms with Gasteiger partial charge in [-0.2, -0.15) is 5.10 Å². The van der Waals surface area contributed by atoms with E-state index in [-0.39, 0.29) is 5.56 Å². The number of halogens is 1. The largest absolute Gasteiger partial charge is 0.381 e. The van der Waals surface area contributed by atoms with Crippen LogP contribution in [0.1, 0.15) is 34.8 Å². The van der Waals surface area contributed by atoms with Gasteiger partial charge in [-0.25, -0.2) is 4.39 Å². The molecule has 0 saturated heterocycles. The Morgan fingerprint density at radius 2 is 2.24 bits per heavy atom. The zero-order chi connectivity index (χ0) is 15.4. The van der Waals surface area contributed by atoms with E-state index in [4.69, 9.17) is 5.73 Å². The van der Waals surface area contributed by atoms with Crippen LogP contribution in [0, 0.1) is 12.7 Å². The fraction of sp³-hybridized carbons (Fsp3) is 0.333. The summed E-state index contributed by atoms with van der Waals surface area (Å²) in [7, 11) is 0. The number of nitrogens with one attached hydrogen (secondary N) is 1. The number of carbonyl (C=O) groups excluding carboxylic acids is 1. The Morgan fingerprint density at radius 3 is 2.90 bits per heavy atom. The molecule has 0 aliphatic rings. The van der Waals surface area contributed by atoms with Crippen LogP contribution >= 0.6 is 0 Å². The first-order chi connectivity index (χ1) is 10.0. The molecule has 0 fully saturated rings. The number of rotatable bonds is 6. The van der Waals surface area contributed by atoms with Gasteiger partial charge in [-0.3, -0.25) is 9.48 Å². The fourth-order valence-corrected chi connectivity index (χ4v) is 2.05. The second-order valence-electron chi connectivity index (χ2n) is 4.96. The van der Waals surface area contributed by atoms with Crippen LogP contribution in [0.25, 0.3) is 0 Å². The van der Waals surface area contributed by atoms with Crippen LogP contribution in [0.5, 0.6) is 0 Å². The lowest BCUT2D eigenvalue weighted by atomic mass is 10.1. The highest BCUT2D eigenvalue weighted by Gasteiger charge is 2.10. The van der Waals surface area contributed by atoms with E-state index in [9.17, 15) is 9.18 Å². The molecule has 0 aliphatic heterocycles. The number of nitrogens with zero attached hydrogens (tertiary/aromatic N) is 2. The highest BCUT2D eigenvalue weighted by molar-refractivity contribution is 5.94. The minimum Gasteiger partial charge on any atom is -0.381 e. The van der Waals surface area contributed by atoms with Gasteiger partial charge in [0.25, 0.3) is 0 Å². The normalized spacial score (nSPS) is 10.6. The molecule has 2 rings (SSSR count). The van der Waals surface area contributed by atoms with Gasteiger partial charge in [-0.15, -0.1) is 0 Å². The summed E-state index contributed by atoms with van der Waals surface area (Å²) in [6, 6.07) is 2.72. The summed E-state index contributed by atoms with van der Waals surface area (Å²) in [6.07, 6.45) is 4.73. The van der Waals surface area contributed by atoms with Crippen molar-refractivity contribution in [3.8, 4) is 0 Å². The molecule has 0 radical (unpaired) electrons. The number of aryl methyl sites for hydroxylation is 1. The van der Waals surface area contributed by atoms with Gasteiger partial charge in [0.15, 0.2) is 0 Å². The molecular weight excluding hydrogens is 271 g/mol. The molecule has 0 saturated carbocycles. The summed E-state index contributed by atoms with van der Waals surface area (Å²) in [5, 5.41) is 7.35. The van der Waals surface area contributed by atoms with Crippen LogP contribution in [0.2, 0.25) is 0 Å². The monoisotopic (exact) mass is 290 g/mol. The highest BCUT2D eigenvalue weighted by Crippen LogP contribution is 2.21. The standard InChI is InChI=1S/C15H19FN4O/c1-3-4-20-9-11(8-19-20)7-18-14-6-12(15(17)21)5-13(16)10(14)2/h5-6,8-9,18H,3-4,7H2,1-2H3,(H2,17,21). The predicted octanol–water partition coefficient (Wildman–Crippen LogP) is 2.45. The van der Waals surface area contributed by atoms with Crippen LogP contribution in [-0.4, -0.2) is 15.7 Å². The lowest BCUT2D eigenvalue weighted by Crippen LogP contribution is -2.13. The van der Waals surface area contributed by atoms with Crippen LogP contribution in [0.3, 0.4) is 0 Å². The van der Waals surface area contributed by atoms with Gasteiger partial charge in [0.05, 0.1) is 6.20 Å². The Balaban J connectivity index is 2.13. The predicted molar refractivity (Wildman–Crippen MR) is 79.5 cm³/mol. The Hall–Kier alpha value is -2.37. The maximum atomic E-state index is 13.8. The van der Waals surface area contributed by atoms with E-state index in [1.54, 1.807) is 19.2 Å². The zero-order valence-electron chi connectivity index (χ0n) is 12.2. The molecule has 6 heteroatoms. The maximum absolute atomic E-state index is 13.8. The molecular formula is C15H19FN4O. The van der Waals surface area contributed by atoms with E-state index in [0.29, 0.717) is 17.8 Å². The molecule has 0 atom stereocenters. The van der Waals surface area contributed by atoms with E-state index in [1.165, 1.54) is 0 Å². The molecule has 1 aromatic heterocycles. The van der Waals surface area contributed by atoms with E-state index in [0.717, 1.165) is 24.6 Å². The molecule has 0 unspecified atom stereocenters. The van der Waals surface area contributed by atoms with Crippen molar-refractivity contribution in [1.82, 2.24) is 9.78 Å². The minimum absolute atomic E-state index is 0.155. The third kappa shape index (κ3) is 3.59. The first-order valence-electron chi connectivity index (χ1n) is 6.86. The molecule has 0 bridgehead atoms. The van der Waals surface area contributed by atoms with Crippen molar-refractivity contribution in [2.24, 2.45) is 5.73 Å². The van der Waals surface area contributed by atoms with Gasteiger partial charge >= 0.3 is 0 Å². The van der Waals surface area contributed by atoms with E-state index < -0.39 is 11.7 Å². The third-order valence-electron chi connectivity index (χ3n) is 3.25. The van der Waals surface area contributed by atoms with Gasteiger partial charge in [-0.05, 0) is 25.5 Å². The molecule has 112 valence electrons. The zero-order valence-corrected chi connectivity index (χ0v) is 12.2. The van der Waals surface area contributed by atoms with Crippen LogP contribution < -0.4 is 11.1 Å². The molecule has 21 heavy (non-hydrogen) atoms.